The number of benzene rings is 1. The van der Waals surface area contributed by atoms with E-state index in [1.54, 1.807) is 18.2 Å². The molecule has 1 aromatic heterocycles. The first-order valence-corrected chi connectivity index (χ1v) is 8.97. The van der Waals surface area contributed by atoms with Gasteiger partial charge in [0.2, 0.25) is 5.91 Å². The van der Waals surface area contributed by atoms with Crippen molar-refractivity contribution in [3.05, 3.63) is 68.0 Å². The number of amides is 1. The summed E-state index contributed by atoms with van der Waals surface area (Å²) >= 11 is 1.51. The summed E-state index contributed by atoms with van der Waals surface area (Å²) in [6.45, 7) is -0.219. The summed E-state index contributed by atoms with van der Waals surface area (Å²) in [5, 5.41) is 14.9. The molecule has 8 heteroatoms. The number of rotatable bonds is 5. The minimum Gasteiger partial charge on any atom is -0.456 e. The average molecular weight is 370 g/mol. The van der Waals surface area contributed by atoms with Crippen molar-refractivity contribution in [3.63, 3.8) is 0 Å². The topological polar surface area (TPSA) is 89.7 Å². The Bertz CT molecular complexity index is 935. The Morgan fingerprint density at radius 2 is 2.12 bits per heavy atom. The highest BCUT2D eigenvalue weighted by atomic mass is 32.1. The number of thiophene rings is 1. The minimum absolute atomic E-state index is 0.00557. The third-order valence-corrected chi connectivity index (χ3v) is 5.30. The van der Waals surface area contributed by atoms with E-state index in [4.69, 9.17) is 4.74 Å². The lowest BCUT2D eigenvalue weighted by Crippen LogP contribution is -2.49. The van der Waals surface area contributed by atoms with E-state index >= 15 is 0 Å². The summed E-state index contributed by atoms with van der Waals surface area (Å²) < 4.78 is 5.34. The van der Waals surface area contributed by atoms with Crippen molar-refractivity contribution < 1.29 is 19.2 Å². The third-order valence-electron chi connectivity index (χ3n) is 4.62. The van der Waals surface area contributed by atoms with Crippen LogP contribution in [0.5, 0.6) is 0 Å². The Morgan fingerprint density at radius 1 is 1.31 bits per heavy atom. The molecule has 2 aliphatic rings. The van der Waals surface area contributed by atoms with E-state index in [0.717, 1.165) is 11.1 Å². The molecule has 26 heavy (non-hydrogen) atoms. The van der Waals surface area contributed by atoms with Crippen molar-refractivity contribution >= 4 is 34.5 Å². The molecule has 2 aromatic rings. The summed E-state index contributed by atoms with van der Waals surface area (Å²) in [5.41, 5.74) is 2.19. The molecule has 1 aromatic carbocycles. The zero-order valence-electron chi connectivity index (χ0n) is 13.6. The lowest BCUT2D eigenvalue weighted by atomic mass is 9.99. The number of hydrogen-bond acceptors (Lipinski definition) is 6. The largest absolute Gasteiger partial charge is 0.456 e. The summed E-state index contributed by atoms with van der Waals surface area (Å²) in [6, 6.07) is 8.03. The molecule has 0 unspecified atom stereocenters. The molecule has 1 fully saturated rings. The second-order valence-electron chi connectivity index (χ2n) is 6.13. The van der Waals surface area contributed by atoms with Gasteiger partial charge >= 0.3 is 5.97 Å². The second-order valence-corrected chi connectivity index (χ2v) is 6.91. The summed E-state index contributed by atoms with van der Waals surface area (Å²) in [4.78, 5) is 36.7. The van der Waals surface area contributed by atoms with Gasteiger partial charge in [-0.3, -0.25) is 14.9 Å². The molecule has 7 nitrogen and oxygen atoms in total. The Kier molecular flexibility index (Phi) is 4.04. The highest BCUT2D eigenvalue weighted by molar-refractivity contribution is 7.08. The number of nitro groups is 1. The molecule has 0 bridgehead atoms. The standard InChI is InChI=1S/C18H14N2O5S/c21-16-8-13-7-14(12-5-6-26-10-12)17(19(13)16)18(22)25-9-11-3-1-2-4-15(11)20(23)24/h1-6,10,13H,7-9H2/t13-/m1/s1. The van der Waals surface area contributed by atoms with Gasteiger partial charge < -0.3 is 9.64 Å². The van der Waals surface area contributed by atoms with Crippen LogP contribution in [0.3, 0.4) is 0 Å². The Hall–Kier alpha value is -3.00. The molecule has 3 heterocycles. The third kappa shape index (κ3) is 2.68. The van der Waals surface area contributed by atoms with E-state index in [0.29, 0.717) is 18.4 Å². The zero-order chi connectivity index (χ0) is 18.3. The number of nitro benzene ring substituents is 1. The maximum absolute atomic E-state index is 12.7. The normalized spacial score (nSPS) is 18.5. The Labute approximate surface area is 152 Å². The quantitative estimate of drug-likeness (QED) is 0.349. The highest BCUT2D eigenvalue weighted by Crippen LogP contribution is 2.43. The second kappa shape index (κ2) is 6.38. The number of fused-ring (bicyclic) bond motifs is 1. The molecule has 0 N–H and O–H groups in total. The van der Waals surface area contributed by atoms with Crippen LogP contribution in [0, 0.1) is 10.1 Å². The van der Waals surface area contributed by atoms with E-state index in [9.17, 15) is 19.7 Å². The summed E-state index contributed by atoms with van der Waals surface area (Å²) in [7, 11) is 0. The van der Waals surface area contributed by atoms with Crippen LogP contribution in [0.25, 0.3) is 5.57 Å². The van der Waals surface area contributed by atoms with Gasteiger partial charge in [-0.05, 0) is 40.5 Å². The number of carbonyl (C=O) groups is 2. The smallest absolute Gasteiger partial charge is 0.355 e. The van der Waals surface area contributed by atoms with E-state index in [1.807, 2.05) is 16.8 Å². The van der Waals surface area contributed by atoms with Crippen molar-refractivity contribution in [2.75, 3.05) is 0 Å². The van der Waals surface area contributed by atoms with E-state index in [2.05, 4.69) is 0 Å². The minimum atomic E-state index is -0.625. The number of nitrogens with zero attached hydrogens (tertiary/aromatic N) is 2. The first-order valence-electron chi connectivity index (χ1n) is 8.03. The molecule has 132 valence electrons. The predicted octanol–water partition coefficient (Wildman–Crippen LogP) is 3.12. The number of carbonyl (C=O) groups excluding carboxylic acids is 2. The molecule has 0 saturated carbocycles. The van der Waals surface area contributed by atoms with Crippen molar-refractivity contribution in [1.82, 2.24) is 4.90 Å². The number of ether oxygens (including phenoxy) is 1. The van der Waals surface area contributed by atoms with Crippen LogP contribution in [0.4, 0.5) is 5.69 Å². The molecular formula is C18H14N2O5S. The Balaban J connectivity index is 1.59. The molecule has 0 aliphatic carbocycles. The molecule has 0 radical (unpaired) electrons. The predicted molar refractivity (Wildman–Crippen MR) is 94.0 cm³/mol. The number of β-lactam (4-membered cyclic amide) rings is 1. The van der Waals surface area contributed by atoms with E-state index < -0.39 is 10.9 Å². The van der Waals surface area contributed by atoms with E-state index in [1.165, 1.54) is 22.3 Å². The van der Waals surface area contributed by atoms with Crippen LogP contribution >= 0.6 is 11.3 Å². The highest BCUT2D eigenvalue weighted by Gasteiger charge is 2.48. The number of hydrogen-bond donors (Lipinski definition) is 0. The SMILES string of the molecule is O=C(OCc1ccccc1[N+](=O)[O-])C1=C(c2ccsc2)C[C@@H]2CC(=O)N12. The van der Waals surface area contributed by atoms with Crippen LogP contribution in [0.1, 0.15) is 24.0 Å². The van der Waals surface area contributed by atoms with Crippen LogP contribution in [-0.4, -0.2) is 27.7 Å². The number of esters is 1. The van der Waals surface area contributed by atoms with Gasteiger partial charge in [-0.25, -0.2) is 4.79 Å². The van der Waals surface area contributed by atoms with Crippen LogP contribution in [0.15, 0.2) is 46.8 Å². The fourth-order valence-electron chi connectivity index (χ4n) is 3.37. The van der Waals surface area contributed by atoms with Crippen LogP contribution in [-0.2, 0) is 20.9 Å². The molecular weight excluding hydrogens is 356 g/mol. The Morgan fingerprint density at radius 3 is 2.81 bits per heavy atom. The molecule has 1 saturated heterocycles. The molecule has 0 spiro atoms. The van der Waals surface area contributed by atoms with Crippen molar-refractivity contribution in [1.29, 1.82) is 0 Å². The van der Waals surface area contributed by atoms with E-state index in [-0.39, 0.29) is 29.9 Å². The lowest BCUT2D eigenvalue weighted by molar-refractivity contribution is -0.385. The fourth-order valence-corrected chi connectivity index (χ4v) is 4.04. The first kappa shape index (κ1) is 16.5. The van der Waals surface area contributed by atoms with Gasteiger partial charge in [0.05, 0.1) is 16.5 Å². The molecule has 2 aliphatic heterocycles. The summed E-state index contributed by atoms with van der Waals surface area (Å²) in [5.74, 6) is -0.724. The monoisotopic (exact) mass is 370 g/mol. The van der Waals surface area contributed by atoms with Crippen molar-refractivity contribution in [2.45, 2.75) is 25.5 Å². The van der Waals surface area contributed by atoms with Gasteiger partial charge in [0.15, 0.2) is 0 Å². The maximum atomic E-state index is 12.7. The van der Waals surface area contributed by atoms with Crippen molar-refractivity contribution in [3.8, 4) is 0 Å². The average Bonchev–Trinajstić information content (AvgIpc) is 3.25. The van der Waals surface area contributed by atoms with Gasteiger partial charge in [-0.1, -0.05) is 12.1 Å². The molecule has 1 amide bonds. The van der Waals surface area contributed by atoms with Gasteiger partial charge in [0.1, 0.15) is 12.3 Å². The van der Waals surface area contributed by atoms with Crippen LogP contribution < -0.4 is 0 Å². The van der Waals surface area contributed by atoms with Gasteiger partial charge in [0, 0.05) is 12.5 Å². The summed E-state index contributed by atoms with van der Waals surface area (Å²) in [6.07, 6.45) is 1.05. The maximum Gasteiger partial charge on any atom is 0.355 e. The van der Waals surface area contributed by atoms with Gasteiger partial charge in [-0.2, -0.15) is 11.3 Å². The van der Waals surface area contributed by atoms with Gasteiger partial charge in [-0.15, -0.1) is 0 Å². The van der Waals surface area contributed by atoms with Crippen LogP contribution in [0.2, 0.25) is 0 Å². The first-order chi connectivity index (χ1) is 12.6. The van der Waals surface area contributed by atoms with Crippen molar-refractivity contribution in [2.24, 2.45) is 0 Å². The lowest BCUT2D eigenvalue weighted by Gasteiger charge is -2.35. The number of para-hydroxylation sites is 1. The fraction of sp³-hybridized carbons (Fsp3) is 0.222. The van der Waals surface area contributed by atoms with Gasteiger partial charge in [0.25, 0.3) is 5.69 Å². The zero-order valence-corrected chi connectivity index (χ0v) is 14.4. The molecule has 4 rings (SSSR count). The molecule has 1 atom stereocenters.